The molecule has 22 heavy (non-hydrogen) atoms. The predicted octanol–water partition coefficient (Wildman–Crippen LogP) is 3.95. The Morgan fingerprint density at radius 2 is 1.73 bits per heavy atom. The summed E-state index contributed by atoms with van der Waals surface area (Å²) in [6, 6.07) is 11.5. The molecule has 0 saturated heterocycles. The van der Waals surface area contributed by atoms with Crippen LogP contribution in [0.15, 0.2) is 53.3 Å². The molecule has 2 heterocycles. The van der Waals surface area contributed by atoms with E-state index in [2.05, 4.69) is 10.1 Å². The van der Waals surface area contributed by atoms with E-state index >= 15 is 0 Å². The van der Waals surface area contributed by atoms with Crippen LogP contribution >= 0.6 is 11.6 Å². The first kappa shape index (κ1) is 14.8. The second kappa shape index (κ2) is 6.73. The van der Waals surface area contributed by atoms with Crippen molar-refractivity contribution in [2.45, 2.75) is 12.8 Å². The highest BCUT2D eigenvalue weighted by Crippen LogP contribution is 2.35. The van der Waals surface area contributed by atoms with Crippen molar-refractivity contribution in [1.29, 1.82) is 0 Å². The molecule has 5 heteroatoms. The second-order valence-electron chi connectivity index (χ2n) is 4.96. The summed E-state index contributed by atoms with van der Waals surface area (Å²) in [6.45, 7) is 0.616. The normalized spacial score (nSPS) is 10.8. The number of hydrogen-bond acceptors (Lipinski definition) is 4. The van der Waals surface area contributed by atoms with Gasteiger partial charge in [-0.25, -0.2) is 0 Å². The molecule has 0 aliphatic heterocycles. The summed E-state index contributed by atoms with van der Waals surface area (Å²) in [5.41, 5.74) is 9.43. The molecular weight excluding hydrogens is 298 g/mol. The number of pyridine rings is 1. The Morgan fingerprint density at radius 3 is 2.41 bits per heavy atom. The van der Waals surface area contributed by atoms with Crippen LogP contribution in [0.4, 0.5) is 0 Å². The molecule has 2 aromatic heterocycles. The lowest BCUT2D eigenvalue weighted by molar-refractivity contribution is 0.384. The van der Waals surface area contributed by atoms with Gasteiger partial charge in [0, 0.05) is 29.4 Å². The largest absolute Gasteiger partial charge is 0.360 e. The van der Waals surface area contributed by atoms with Crippen LogP contribution in [-0.4, -0.2) is 16.7 Å². The Kier molecular flexibility index (Phi) is 4.51. The maximum atomic E-state index is 5.99. The van der Waals surface area contributed by atoms with Gasteiger partial charge >= 0.3 is 0 Å². The molecule has 0 unspecified atom stereocenters. The molecular formula is C17H16ClN3O. The minimum absolute atomic E-state index is 0.616. The first-order chi connectivity index (χ1) is 10.8. The van der Waals surface area contributed by atoms with E-state index in [0.717, 1.165) is 41.0 Å². The zero-order valence-electron chi connectivity index (χ0n) is 12.0. The van der Waals surface area contributed by atoms with Crippen LogP contribution < -0.4 is 5.73 Å². The van der Waals surface area contributed by atoms with Gasteiger partial charge in [0.25, 0.3) is 0 Å². The standard InChI is InChI=1S/C17H16ClN3O/c18-14-5-3-12(4-6-14)16-15(2-1-9-19)22-21-17(16)13-7-10-20-11-8-13/h3-8,10-11H,1-2,9,19H2. The third-order valence-electron chi connectivity index (χ3n) is 3.46. The fourth-order valence-corrected chi connectivity index (χ4v) is 2.50. The Labute approximate surface area is 133 Å². The van der Waals surface area contributed by atoms with Crippen molar-refractivity contribution < 1.29 is 4.52 Å². The Morgan fingerprint density at radius 1 is 1.00 bits per heavy atom. The topological polar surface area (TPSA) is 64.9 Å². The molecule has 3 aromatic rings. The van der Waals surface area contributed by atoms with Crippen molar-refractivity contribution in [2.24, 2.45) is 5.73 Å². The van der Waals surface area contributed by atoms with E-state index < -0.39 is 0 Å². The van der Waals surface area contributed by atoms with Crippen molar-refractivity contribution in [3.8, 4) is 22.4 Å². The minimum atomic E-state index is 0.616. The number of hydrogen-bond donors (Lipinski definition) is 1. The van der Waals surface area contributed by atoms with Crippen molar-refractivity contribution >= 4 is 11.6 Å². The molecule has 1 aromatic carbocycles. The van der Waals surface area contributed by atoms with Crippen LogP contribution in [0.3, 0.4) is 0 Å². The maximum Gasteiger partial charge on any atom is 0.145 e. The van der Waals surface area contributed by atoms with E-state index in [1.165, 1.54) is 0 Å². The lowest BCUT2D eigenvalue weighted by Crippen LogP contribution is -2.00. The van der Waals surface area contributed by atoms with Gasteiger partial charge in [0.15, 0.2) is 0 Å². The maximum absolute atomic E-state index is 5.99. The molecule has 0 saturated carbocycles. The van der Waals surface area contributed by atoms with Crippen LogP contribution in [-0.2, 0) is 6.42 Å². The van der Waals surface area contributed by atoms with Crippen molar-refractivity contribution in [1.82, 2.24) is 10.1 Å². The third-order valence-corrected chi connectivity index (χ3v) is 3.71. The predicted molar refractivity (Wildman–Crippen MR) is 87.6 cm³/mol. The third kappa shape index (κ3) is 3.03. The van der Waals surface area contributed by atoms with Crippen molar-refractivity contribution in [2.75, 3.05) is 6.54 Å². The van der Waals surface area contributed by atoms with Crippen molar-refractivity contribution in [3.63, 3.8) is 0 Å². The van der Waals surface area contributed by atoms with Gasteiger partial charge < -0.3 is 10.3 Å². The Hall–Kier alpha value is -2.17. The van der Waals surface area contributed by atoms with E-state index in [0.29, 0.717) is 11.6 Å². The number of nitrogens with zero attached hydrogens (tertiary/aromatic N) is 2. The molecule has 4 nitrogen and oxygen atoms in total. The van der Waals surface area contributed by atoms with Crippen LogP contribution in [0.1, 0.15) is 12.2 Å². The van der Waals surface area contributed by atoms with Crippen LogP contribution in [0.2, 0.25) is 5.02 Å². The number of aryl methyl sites for hydroxylation is 1. The van der Waals surface area contributed by atoms with E-state index in [1.807, 2.05) is 36.4 Å². The fourth-order valence-electron chi connectivity index (χ4n) is 2.38. The average Bonchev–Trinajstić information content (AvgIpc) is 2.98. The molecule has 112 valence electrons. The van der Waals surface area contributed by atoms with Gasteiger partial charge in [-0.05, 0) is 42.8 Å². The number of nitrogens with two attached hydrogens (primary N) is 1. The second-order valence-corrected chi connectivity index (χ2v) is 5.40. The lowest BCUT2D eigenvalue weighted by atomic mass is 9.98. The zero-order valence-corrected chi connectivity index (χ0v) is 12.8. The van der Waals surface area contributed by atoms with E-state index in [9.17, 15) is 0 Å². The van der Waals surface area contributed by atoms with Crippen LogP contribution in [0, 0.1) is 0 Å². The molecule has 0 atom stereocenters. The first-order valence-electron chi connectivity index (χ1n) is 7.14. The highest BCUT2D eigenvalue weighted by atomic mass is 35.5. The number of benzene rings is 1. The van der Waals surface area contributed by atoms with Gasteiger partial charge in [-0.3, -0.25) is 4.98 Å². The zero-order chi connectivity index (χ0) is 15.4. The molecule has 0 fully saturated rings. The molecule has 3 rings (SSSR count). The summed E-state index contributed by atoms with van der Waals surface area (Å²) in [7, 11) is 0. The summed E-state index contributed by atoms with van der Waals surface area (Å²) < 4.78 is 5.58. The molecule has 2 N–H and O–H groups in total. The fraction of sp³-hybridized carbons (Fsp3) is 0.176. The lowest BCUT2D eigenvalue weighted by Gasteiger charge is -2.05. The van der Waals surface area contributed by atoms with Gasteiger partial charge in [-0.1, -0.05) is 28.9 Å². The first-order valence-corrected chi connectivity index (χ1v) is 7.52. The monoisotopic (exact) mass is 313 g/mol. The summed E-state index contributed by atoms with van der Waals surface area (Å²) in [5.74, 6) is 0.847. The molecule has 0 aliphatic rings. The average molecular weight is 314 g/mol. The summed E-state index contributed by atoms with van der Waals surface area (Å²) in [6.07, 6.45) is 5.10. The molecule has 0 bridgehead atoms. The Bertz CT molecular complexity index is 738. The summed E-state index contributed by atoms with van der Waals surface area (Å²) in [5, 5.41) is 4.96. The highest BCUT2D eigenvalue weighted by Gasteiger charge is 2.18. The molecule has 0 spiro atoms. The molecule has 0 amide bonds. The van der Waals surface area contributed by atoms with Gasteiger partial charge in [0.1, 0.15) is 11.5 Å². The number of aromatic nitrogens is 2. The number of halogens is 1. The Balaban J connectivity index is 2.11. The number of rotatable bonds is 5. The van der Waals surface area contributed by atoms with E-state index in [1.54, 1.807) is 12.4 Å². The quantitative estimate of drug-likeness (QED) is 0.774. The smallest absolute Gasteiger partial charge is 0.145 e. The van der Waals surface area contributed by atoms with E-state index in [-0.39, 0.29) is 0 Å². The van der Waals surface area contributed by atoms with Crippen LogP contribution in [0.25, 0.3) is 22.4 Å². The minimum Gasteiger partial charge on any atom is -0.360 e. The van der Waals surface area contributed by atoms with E-state index in [4.69, 9.17) is 21.9 Å². The van der Waals surface area contributed by atoms with Gasteiger partial charge in [-0.2, -0.15) is 0 Å². The van der Waals surface area contributed by atoms with Crippen LogP contribution in [0.5, 0.6) is 0 Å². The van der Waals surface area contributed by atoms with Gasteiger partial charge in [0.05, 0.1) is 5.56 Å². The van der Waals surface area contributed by atoms with Crippen molar-refractivity contribution in [3.05, 3.63) is 59.6 Å². The van der Waals surface area contributed by atoms with Gasteiger partial charge in [0.2, 0.25) is 0 Å². The van der Waals surface area contributed by atoms with Gasteiger partial charge in [-0.15, -0.1) is 0 Å². The molecule has 0 radical (unpaired) electrons. The molecule has 0 aliphatic carbocycles. The SMILES string of the molecule is NCCCc1onc(-c2ccncc2)c1-c1ccc(Cl)cc1. The summed E-state index contributed by atoms with van der Waals surface area (Å²) in [4.78, 5) is 4.05. The summed E-state index contributed by atoms with van der Waals surface area (Å²) >= 11 is 5.99. The highest BCUT2D eigenvalue weighted by molar-refractivity contribution is 6.30.